The van der Waals surface area contributed by atoms with Gasteiger partial charge in [0.1, 0.15) is 0 Å². The highest BCUT2D eigenvalue weighted by Crippen LogP contribution is 2.14. The van der Waals surface area contributed by atoms with Crippen molar-refractivity contribution in [3.05, 3.63) is 0 Å². The summed E-state index contributed by atoms with van der Waals surface area (Å²) in [5.74, 6) is 0.145. The molecule has 0 aliphatic carbocycles. The van der Waals surface area contributed by atoms with E-state index < -0.39 is 0 Å². The van der Waals surface area contributed by atoms with Crippen molar-refractivity contribution in [2.24, 2.45) is 0 Å². The number of hydrogen-bond donors (Lipinski definition) is 2. The van der Waals surface area contributed by atoms with E-state index in [0.717, 1.165) is 39.1 Å². The molecule has 4 nitrogen and oxygen atoms in total. The summed E-state index contributed by atoms with van der Waals surface area (Å²) in [5, 5.41) is 6.14. The molecule has 0 radical (unpaired) electrons. The van der Waals surface area contributed by atoms with Crippen molar-refractivity contribution < 1.29 is 9.53 Å². The van der Waals surface area contributed by atoms with Gasteiger partial charge >= 0.3 is 0 Å². The van der Waals surface area contributed by atoms with Crippen molar-refractivity contribution in [1.82, 2.24) is 10.6 Å². The Morgan fingerprint density at radius 3 is 2.94 bits per heavy atom. The highest BCUT2D eigenvalue weighted by Gasteiger charge is 2.14. The molecule has 1 amide bonds. The number of carbonyl (C=O) groups is 1. The lowest BCUT2D eigenvalue weighted by atomic mass is 10.2. The number of carbonyl (C=O) groups excluding carboxylic acids is 1. The molecule has 1 rings (SSSR count). The monoisotopic (exact) mass is 228 g/mol. The van der Waals surface area contributed by atoms with Crippen molar-refractivity contribution in [2.45, 2.75) is 45.1 Å². The number of hydrogen-bond acceptors (Lipinski definition) is 3. The van der Waals surface area contributed by atoms with E-state index in [4.69, 9.17) is 4.74 Å². The lowest BCUT2D eigenvalue weighted by Gasteiger charge is -2.09. The van der Waals surface area contributed by atoms with Gasteiger partial charge < -0.3 is 15.4 Å². The molecule has 0 aromatic rings. The fourth-order valence-electron chi connectivity index (χ4n) is 1.81. The van der Waals surface area contributed by atoms with Crippen molar-refractivity contribution in [3.8, 4) is 0 Å². The van der Waals surface area contributed by atoms with E-state index in [1.165, 1.54) is 12.8 Å². The molecular weight excluding hydrogens is 204 g/mol. The highest BCUT2D eigenvalue weighted by atomic mass is 16.5. The molecule has 1 saturated heterocycles. The molecular formula is C12H24N2O2. The van der Waals surface area contributed by atoms with Gasteiger partial charge in [-0.3, -0.25) is 4.79 Å². The predicted octanol–water partition coefficient (Wildman–Crippen LogP) is 1.06. The first kappa shape index (κ1) is 13.5. The van der Waals surface area contributed by atoms with E-state index >= 15 is 0 Å². The summed E-state index contributed by atoms with van der Waals surface area (Å²) in [5.41, 5.74) is 0. The molecule has 1 fully saturated rings. The van der Waals surface area contributed by atoms with Gasteiger partial charge in [-0.25, -0.2) is 0 Å². The number of amides is 1. The zero-order valence-corrected chi connectivity index (χ0v) is 10.3. The predicted molar refractivity (Wildman–Crippen MR) is 64.4 cm³/mol. The average Bonchev–Trinajstić information content (AvgIpc) is 2.79. The lowest BCUT2D eigenvalue weighted by Crippen LogP contribution is -2.29. The Kier molecular flexibility index (Phi) is 7.17. The summed E-state index contributed by atoms with van der Waals surface area (Å²) in [7, 11) is 0. The van der Waals surface area contributed by atoms with Crippen molar-refractivity contribution in [3.63, 3.8) is 0 Å². The van der Waals surface area contributed by atoms with E-state index in [9.17, 15) is 4.79 Å². The third kappa shape index (κ3) is 6.08. The fraction of sp³-hybridized carbons (Fsp3) is 0.917. The van der Waals surface area contributed by atoms with Gasteiger partial charge in [0.25, 0.3) is 0 Å². The molecule has 1 unspecified atom stereocenters. The summed E-state index contributed by atoms with van der Waals surface area (Å²) in [6, 6.07) is 0. The van der Waals surface area contributed by atoms with Crippen LogP contribution >= 0.6 is 0 Å². The topological polar surface area (TPSA) is 50.4 Å². The Morgan fingerprint density at radius 1 is 1.38 bits per heavy atom. The largest absolute Gasteiger partial charge is 0.378 e. The molecule has 16 heavy (non-hydrogen) atoms. The summed E-state index contributed by atoms with van der Waals surface area (Å²) in [6.07, 6.45) is 5.48. The molecule has 0 spiro atoms. The summed E-state index contributed by atoms with van der Waals surface area (Å²) < 4.78 is 5.51. The molecule has 2 N–H and O–H groups in total. The zero-order valence-electron chi connectivity index (χ0n) is 10.3. The molecule has 1 heterocycles. The minimum Gasteiger partial charge on any atom is -0.378 e. The normalized spacial score (nSPS) is 19.9. The molecule has 94 valence electrons. The van der Waals surface area contributed by atoms with Crippen molar-refractivity contribution >= 4 is 5.91 Å². The van der Waals surface area contributed by atoms with Gasteiger partial charge in [-0.1, -0.05) is 6.92 Å². The second-order valence-electron chi connectivity index (χ2n) is 4.27. The Labute approximate surface area is 98.1 Å². The van der Waals surface area contributed by atoms with Crippen LogP contribution in [0.4, 0.5) is 0 Å². The number of nitrogens with one attached hydrogen (secondary N) is 2. The first-order chi connectivity index (χ1) is 7.83. The van der Waals surface area contributed by atoms with Crippen molar-refractivity contribution in [1.29, 1.82) is 0 Å². The van der Waals surface area contributed by atoms with Crippen LogP contribution in [0.5, 0.6) is 0 Å². The van der Waals surface area contributed by atoms with E-state index in [-0.39, 0.29) is 5.91 Å². The van der Waals surface area contributed by atoms with Crippen LogP contribution < -0.4 is 10.6 Å². The van der Waals surface area contributed by atoms with Gasteiger partial charge in [0.15, 0.2) is 0 Å². The maximum atomic E-state index is 11.2. The van der Waals surface area contributed by atoms with Crippen LogP contribution in [0.3, 0.4) is 0 Å². The van der Waals surface area contributed by atoms with E-state index in [2.05, 4.69) is 17.6 Å². The molecule has 1 atom stereocenters. The van der Waals surface area contributed by atoms with Crippen LogP contribution in [0.25, 0.3) is 0 Å². The van der Waals surface area contributed by atoms with Gasteiger partial charge in [0.05, 0.1) is 6.10 Å². The first-order valence-electron chi connectivity index (χ1n) is 6.42. The van der Waals surface area contributed by atoms with Crippen LogP contribution in [0, 0.1) is 0 Å². The Hall–Kier alpha value is -0.610. The van der Waals surface area contributed by atoms with E-state index in [0.29, 0.717) is 12.5 Å². The van der Waals surface area contributed by atoms with E-state index in [1.54, 1.807) is 0 Å². The first-order valence-corrected chi connectivity index (χ1v) is 6.42. The fourth-order valence-corrected chi connectivity index (χ4v) is 1.81. The quantitative estimate of drug-likeness (QED) is 0.611. The third-order valence-electron chi connectivity index (χ3n) is 2.77. The summed E-state index contributed by atoms with van der Waals surface area (Å²) >= 11 is 0. The molecule has 1 aliphatic heterocycles. The maximum absolute atomic E-state index is 11.2. The summed E-state index contributed by atoms with van der Waals surface area (Å²) in [6.45, 7) is 5.48. The maximum Gasteiger partial charge on any atom is 0.221 e. The van der Waals surface area contributed by atoms with Crippen LogP contribution in [0.2, 0.25) is 0 Å². The smallest absolute Gasteiger partial charge is 0.221 e. The second kappa shape index (κ2) is 8.53. The highest BCUT2D eigenvalue weighted by molar-refractivity contribution is 5.75. The van der Waals surface area contributed by atoms with Gasteiger partial charge in [-0.15, -0.1) is 0 Å². The molecule has 0 saturated carbocycles. The van der Waals surface area contributed by atoms with Gasteiger partial charge in [0.2, 0.25) is 5.91 Å². The summed E-state index contributed by atoms with van der Waals surface area (Å²) in [4.78, 5) is 11.2. The second-order valence-corrected chi connectivity index (χ2v) is 4.27. The number of ether oxygens (including phenoxy) is 1. The van der Waals surface area contributed by atoms with Crippen molar-refractivity contribution in [2.75, 3.05) is 26.2 Å². The standard InChI is InChI=1S/C12H24N2O2/c1-2-7-14-12(15)6-9-13-8-5-11-4-3-10-16-11/h11,13H,2-10H2,1H3,(H,14,15). The number of rotatable bonds is 8. The van der Waals surface area contributed by atoms with Gasteiger partial charge in [-0.2, -0.15) is 0 Å². The Morgan fingerprint density at radius 2 is 2.25 bits per heavy atom. The van der Waals surface area contributed by atoms with Crippen LogP contribution in [-0.2, 0) is 9.53 Å². The Balaban J connectivity index is 1.85. The molecule has 0 aromatic carbocycles. The molecule has 4 heteroatoms. The third-order valence-corrected chi connectivity index (χ3v) is 2.77. The lowest BCUT2D eigenvalue weighted by molar-refractivity contribution is -0.120. The van der Waals surface area contributed by atoms with E-state index in [1.807, 2.05) is 0 Å². The SMILES string of the molecule is CCCNC(=O)CCNCCC1CCCO1. The molecule has 0 aromatic heterocycles. The zero-order chi connectivity index (χ0) is 11.6. The van der Waals surface area contributed by atoms with Crippen LogP contribution in [0.1, 0.15) is 39.0 Å². The minimum atomic E-state index is 0.145. The average molecular weight is 228 g/mol. The molecule has 0 bridgehead atoms. The Bertz CT molecular complexity index is 191. The molecule has 1 aliphatic rings. The van der Waals surface area contributed by atoms with Gasteiger partial charge in [-0.05, 0) is 32.2 Å². The van der Waals surface area contributed by atoms with Crippen LogP contribution in [0.15, 0.2) is 0 Å². The van der Waals surface area contributed by atoms with Crippen LogP contribution in [-0.4, -0.2) is 38.3 Å². The minimum absolute atomic E-state index is 0.145. The van der Waals surface area contributed by atoms with Gasteiger partial charge in [0, 0.05) is 26.1 Å².